The molecule has 0 amide bonds. The molecule has 1 saturated heterocycles. The van der Waals surface area contributed by atoms with Crippen LogP contribution in [0, 0.1) is 56.2 Å². The van der Waals surface area contributed by atoms with Crippen LogP contribution >= 0.6 is 0 Å². The second kappa shape index (κ2) is 16.0. The molecule has 0 unspecified atom stereocenters. The van der Waals surface area contributed by atoms with Crippen LogP contribution in [0.25, 0.3) is 0 Å². The first kappa shape index (κ1) is 41.8. The second-order valence-electron chi connectivity index (χ2n) is 22.9. The van der Waals surface area contributed by atoms with Gasteiger partial charge in [-0.1, -0.05) is 99.6 Å². The van der Waals surface area contributed by atoms with Crippen LogP contribution in [0.1, 0.15) is 218 Å². The van der Waals surface area contributed by atoms with E-state index >= 15 is 0 Å². The summed E-state index contributed by atoms with van der Waals surface area (Å²) in [6.07, 6.45) is 32.0. The van der Waals surface area contributed by atoms with Crippen LogP contribution in [0.15, 0.2) is 11.6 Å². The average Bonchev–Trinajstić information content (AvgIpc) is 3.63. The Hall–Kier alpha value is -0.340. The Labute approximate surface area is 319 Å². The van der Waals surface area contributed by atoms with Crippen molar-refractivity contribution in [3.63, 3.8) is 0 Å². The Morgan fingerprint density at radius 3 is 1.78 bits per heavy atom. The van der Waals surface area contributed by atoms with E-state index < -0.39 is 0 Å². The van der Waals surface area contributed by atoms with Gasteiger partial charge < -0.3 is 9.47 Å². The van der Waals surface area contributed by atoms with Crippen LogP contribution in [0.3, 0.4) is 0 Å². The summed E-state index contributed by atoms with van der Waals surface area (Å²) in [5, 5.41) is 0. The van der Waals surface area contributed by atoms with Crippen molar-refractivity contribution in [2.45, 2.75) is 230 Å². The lowest BCUT2D eigenvalue weighted by Gasteiger charge is -2.61. The molecule has 5 saturated carbocycles. The van der Waals surface area contributed by atoms with Crippen LogP contribution in [-0.4, -0.2) is 24.9 Å². The Morgan fingerprint density at radius 2 is 1.12 bits per heavy atom. The largest absolute Gasteiger partial charge is 0.378 e. The van der Waals surface area contributed by atoms with Crippen molar-refractivity contribution in [3.8, 4) is 0 Å². The topological polar surface area (TPSA) is 18.5 Å². The summed E-state index contributed by atoms with van der Waals surface area (Å²) in [4.78, 5) is 0. The van der Waals surface area contributed by atoms with Gasteiger partial charge in [-0.05, 0) is 186 Å². The molecule has 2 heteroatoms. The minimum absolute atomic E-state index is 0.207. The van der Waals surface area contributed by atoms with E-state index in [4.69, 9.17) is 9.47 Å². The maximum atomic E-state index is 6.13. The third kappa shape index (κ3) is 9.21. The van der Waals surface area contributed by atoms with E-state index in [1.807, 2.05) is 0 Å². The van der Waals surface area contributed by atoms with Crippen LogP contribution in [0.4, 0.5) is 0 Å². The molecule has 7 rings (SSSR count). The van der Waals surface area contributed by atoms with Crippen molar-refractivity contribution < 1.29 is 9.47 Å². The van der Waals surface area contributed by atoms with E-state index in [0.717, 1.165) is 43.3 Å². The summed E-state index contributed by atoms with van der Waals surface area (Å²) < 4.78 is 12.0. The fourth-order valence-electron chi connectivity index (χ4n) is 14.9. The molecule has 0 bridgehead atoms. The summed E-state index contributed by atoms with van der Waals surface area (Å²) in [6, 6.07) is 0. The molecule has 0 aromatic carbocycles. The molecule has 51 heavy (non-hydrogen) atoms. The molecule has 5 aliphatic carbocycles. The number of hydrogen-bond donors (Lipinski definition) is 0. The van der Waals surface area contributed by atoms with Gasteiger partial charge in [0, 0.05) is 6.61 Å². The zero-order chi connectivity index (χ0) is 37.3. The minimum atomic E-state index is 0.207. The fourth-order valence-corrected chi connectivity index (χ4v) is 14.9. The number of allylic oxidation sites excluding steroid dienone is 1. The molecule has 6 fully saturated rings. The van der Waals surface area contributed by atoms with Gasteiger partial charge in [0.15, 0.2) is 0 Å². The Morgan fingerprint density at radius 1 is 0.529 bits per heavy atom. The van der Waals surface area contributed by atoms with Crippen molar-refractivity contribution in [2.24, 2.45) is 56.2 Å². The summed E-state index contributed by atoms with van der Waals surface area (Å²) in [6.45, 7) is 31.5. The first-order valence-corrected chi connectivity index (χ1v) is 22.7. The normalized spacial score (nSPS) is 45.8. The molecule has 2 aliphatic heterocycles. The summed E-state index contributed by atoms with van der Waals surface area (Å²) in [5.41, 5.74) is 5.34. The third-order valence-electron chi connectivity index (χ3n) is 17.6. The molecule has 2 heterocycles. The lowest BCUT2D eigenvalue weighted by Crippen LogP contribution is -2.55. The van der Waals surface area contributed by atoms with Crippen molar-refractivity contribution >= 4 is 0 Å². The summed E-state index contributed by atoms with van der Waals surface area (Å²) in [7, 11) is 0. The average molecular weight is 709 g/mol. The van der Waals surface area contributed by atoms with Crippen molar-refractivity contribution in [3.05, 3.63) is 11.6 Å². The molecular formula is C49H88O2. The van der Waals surface area contributed by atoms with Crippen LogP contribution in [0.5, 0.6) is 0 Å². The molecule has 0 spiro atoms. The molecule has 0 N–H and O–H groups in total. The van der Waals surface area contributed by atoms with Gasteiger partial charge in [-0.15, -0.1) is 0 Å². The van der Waals surface area contributed by atoms with Crippen LogP contribution in [-0.2, 0) is 9.47 Å². The summed E-state index contributed by atoms with van der Waals surface area (Å²) in [5.74, 6) is 3.77. The smallest absolute Gasteiger partial charge is 0.0688 e. The molecule has 2 nitrogen and oxygen atoms in total. The molecular weight excluding hydrogens is 621 g/mol. The second-order valence-corrected chi connectivity index (χ2v) is 22.9. The predicted molar refractivity (Wildman–Crippen MR) is 220 cm³/mol. The van der Waals surface area contributed by atoms with Gasteiger partial charge in [-0.3, -0.25) is 0 Å². The van der Waals surface area contributed by atoms with Gasteiger partial charge in [0.1, 0.15) is 0 Å². The standard InChI is InChI=1S/C17H30.C16H28O.C16H30O/c1-15(2)9-6-11-17(4)13(15)8-12-16(3)10-5-7-14(16)17;1-14(2)8-5-9-15(3)12(14)6-10-16(4)13(15)7-11-17-16;1-14-8-5-11-16(3,4)12-6-10-15(2)17-13-7-9-14/h13-14H,5-12H2,1-4H3;12-13H,5-11H2,1-4H3;9,15H,5-8,10-13H2,1-4H3/b;;14-9-/t13-,14+,16-,17-;12-,13-,15-,16+;15-/m000/s1. The first-order valence-electron chi connectivity index (χ1n) is 22.7. The highest BCUT2D eigenvalue weighted by molar-refractivity contribution is 5.10. The van der Waals surface area contributed by atoms with Gasteiger partial charge in [-0.25, -0.2) is 0 Å². The van der Waals surface area contributed by atoms with Gasteiger partial charge in [-0.2, -0.15) is 0 Å². The van der Waals surface area contributed by atoms with Gasteiger partial charge >= 0.3 is 0 Å². The number of ether oxygens (including phenoxy) is 2. The fraction of sp³-hybridized carbons (Fsp3) is 0.959. The Bertz CT molecular complexity index is 1090. The van der Waals surface area contributed by atoms with Gasteiger partial charge in [0.05, 0.1) is 18.3 Å². The maximum Gasteiger partial charge on any atom is 0.0688 e. The van der Waals surface area contributed by atoms with Crippen molar-refractivity contribution in [1.82, 2.24) is 0 Å². The van der Waals surface area contributed by atoms with Gasteiger partial charge in [0.25, 0.3) is 0 Å². The van der Waals surface area contributed by atoms with E-state index in [0.29, 0.717) is 38.6 Å². The molecule has 0 aromatic heterocycles. The highest BCUT2D eigenvalue weighted by atomic mass is 16.5. The van der Waals surface area contributed by atoms with E-state index in [2.05, 4.69) is 89.2 Å². The quantitative estimate of drug-likeness (QED) is 0.233. The van der Waals surface area contributed by atoms with Crippen LogP contribution < -0.4 is 0 Å². The highest BCUT2D eigenvalue weighted by Gasteiger charge is 2.61. The van der Waals surface area contributed by atoms with Crippen molar-refractivity contribution in [1.29, 1.82) is 0 Å². The van der Waals surface area contributed by atoms with E-state index in [1.54, 1.807) is 0 Å². The molecule has 296 valence electrons. The SMILES string of the molecule is C/C1=C/CCO[C@@H](C)CCCC(C)(C)CCC1.CC1(C)CCC[C@@]2(C)[C@H]1CC[C@@]1(C)OCC[C@@H]21.CC1(C)CCC[C@]2(C)[C@@H]3CCC[C@@]3(C)CC[C@@H]12. The van der Waals surface area contributed by atoms with E-state index in [1.165, 1.54) is 134 Å². The zero-order valence-corrected chi connectivity index (χ0v) is 36.5. The molecule has 0 radical (unpaired) electrons. The monoisotopic (exact) mass is 709 g/mol. The zero-order valence-electron chi connectivity index (χ0n) is 36.5. The van der Waals surface area contributed by atoms with E-state index in [9.17, 15) is 0 Å². The number of hydrogen-bond acceptors (Lipinski definition) is 2. The molecule has 0 aromatic rings. The number of rotatable bonds is 0. The molecule has 9 atom stereocenters. The summed E-state index contributed by atoms with van der Waals surface area (Å²) >= 11 is 0. The van der Waals surface area contributed by atoms with Crippen molar-refractivity contribution in [2.75, 3.05) is 13.2 Å². The maximum absolute atomic E-state index is 6.13. The van der Waals surface area contributed by atoms with Crippen LogP contribution in [0.2, 0.25) is 0 Å². The lowest BCUT2D eigenvalue weighted by molar-refractivity contribution is -0.147. The number of fused-ring (bicyclic) bond motifs is 6. The third-order valence-corrected chi connectivity index (χ3v) is 17.6. The first-order chi connectivity index (χ1) is 23.8. The highest BCUT2D eigenvalue weighted by Crippen LogP contribution is 2.68. The molecule has 7 aliphatic rings. The van der Waals surface area contributed by atoms with E-state index in [-0.39, 0.29) is 5.60 Å². The van der Waals surface area contributed by atoms with Gasteiger partial charge in [0.2, 0.25) is 0 Å². The Kier molecular flexibility index (Phi) is 13.1. The predicted octanol–water partition coefficient (Wildman–Crippen LogP) is 14.9. The minimum Gasteiger partial charge on any atom is -0.378 e. The lowest BCUT2D eigenvalue weighted by atomic mass is 9.44. The Balaban J connectivity index is 0.000000148.